The van der Waals surface area contributed by atoms with Crippen molar-refractivity contribution in [1.82, 2.24) is 9.88 Å². The second-order valence-electron chi connectivity index (χ2n) is 6.58. The lowest BCUT2D eigenvalue weighted by Gasteiger charge is -2.42. The molecule has 0 spiro atoms. The fraction of sp³-hybridized carbons (Fsp3) is 0.667. The van der Waals surface area contributed by atoms with Crippen LogP contribution in [-0.4, -0.2) is 47.7 Å². The number of rotatable bonds is 2. The molecule has 1 aromatic heterocycles. The van der Waals surface area contributed by atoms with E-state index in [-0.39, 0.29) is 5.54 Å². The predicted octanol–water partition coefficient (Wildman–Crippen LogP) is 2.15. The van der Waals surface area contributed by atoms with Gasteiger partial charge in [0.15, 0.2) is 0 Å². The van der Waals surface area contributed by atoms with Crippen LogP contribution in [0, 0.1) is 0 Å². The maximum atomic E-state index is 5.12. The van der Waals surface area contributed by atoms with Crippen molar-refractivity contribution in [3.8, 4) is 5.88 Å². The molecule has 4 heteroatoms. The van der Waals surface area contributed by atoms with E-state index in [0.717, 1.165) is 6.54 Å². The van der Waals surface area contributed by atoms with Crippen LogP contribution in [0.3, 0.4) is 0 Å². The molecule has 0 aromatic carbocycles. The van der Waals surface area contributed by atoms with Crippen LogP contribution >= 0.6 is 0 Å². The van der Waals surface area contributed by atoms with Gasteiger partial charge in [-0.05, 0) is 33.3 Å². The lowest BCUT2D eigenvalue weighted by Crippen LogP contribution is -2.53. The number of hydrogen-bond donors (Lipinski definition) is 0. The fourth-order valence-electron chi connectivity index (χ4n) is 3.47. The number of methoxy groups -OCH3 is 1. The molecule has 4 nitrogen and oxygen atoms in total. The average Bonchev–Trinajstić information content (AvgIpc) is 2.98. The van der Waals surface area contributed by atoms with E-state index in [2.05, 4.69) is 41.6 Å². The number of nitrogens with zero attached hydrogens (tertiary/aromatic N) is 3. The van der Waals surface area contributed by atoms with Crippen LogP contribution < -0.4 is 9.64 Å². The Morgan fingerprint density at radius 2 is 2.00 bits per heavy atom. The van der Waals surface area contributed by atoms with Crippen molar-refractivity contribution in [3.05, 3.63) is 18.3 Å². The highest BCUT2D eigenvalue weighted by Crippen LogP contribution is 2.38. The minimum atomic E-state index is 0.281. The zero-order chi connectivity index (χ0) is 13.6. The van der Waals surface area contributed by atoms with Crippen molar-refractivity contribution in [1.29, 1.82) is 0 Å². The van der Waals surface area contributed by atoms with Gasteiger partial charge in [-0.3, -0.25) is 4.90 Å². The Morgan fingerprint density at radius 1 is 1.21 bits per heavy atom. The summed E-state index contributed by atoms with van der Waals surface area (Å²) < 4.78 is 5.12. The molecule has 0 saturated carbocycles. The maximum absolute atomic E-state index is 5.12. The molecule has 1 aromatic rings. The molecule has 2 fully saturated rings. The second kappa shape index (κ2) is 4.37. The number of hydrogen-bond acceptors (Lipinski definition) is 4. The van der Waals surface area contributed by atoms with Crippen molar-refractivity contribution >= 4 is 5.69 Å². The Morgan fingerprint density at radius 3 is 2.47 bits per heavy atom. The van der Waals surface area contributed by atoms with E-state index in [1.54, 1.807) is 7.11 Å². The number of pyridine rings is 1. The van der Waals surface area contributed by atoms with Crippen LogP contribution in [-0.2, 0) is 0 Å². The predicted molar refractivity (Wildman–Crippen MR) is 76.8 cm³/mol. The Hall–Kier alpha value is -1.29. The van der Waals surface area contributed by atoms with Crippen molar-refractivity contribution in [2.24, 2.45) is 0 Å². The molecule has 2 aliphatic heterocycles. The van der Waals surface area contributed by atoms with Gasteiger partial charge < -0.3 is 9.64 Å². The zero-order valence-electron chi connectivity index (χ0n) is 12.3. The maximum Gasteiger partial charge on any atom is 0.213 e. The standard InChI is InChI=1S/C15H23N3O/c1-15(2,3)18-10-12-7-13(18)9-17(12)11-5-6-14(19-4)16-8-11/h5-6,8,12-13H,7,9-10H2,1-4H3. The van der Waals surface area contributed by atoms with Crippen LogP contribution in [0.2, 0.25) is 0 Å². The van der Waals surface area contributed by atoms with Crippen molar-refractivity contribution in [3.63, 3.8) is 0 Å². The molecule has 0 N–H and O–H groups in total. The molecule has 0 amide bonds. The van der Waals surface area contributed by atoms with Gasteiger partial charge >= 0.3 is 0 Å². The van der Waals surface area contributed by atoms with Crippen LogP contribution in [0.5, 0.6) is 5.88 Å². The van der Waals surface area contributed by atoms with E-state index in [4.69, 9.17) is 4.74 Å². The molecular formula is C15H23N3O. The van der Waals surface area contributed by atoms with Crippen molar-refractivity contribution in [2.75, 3.05) is 25.1 Å². The molecule has 2 aliphatic rings. The molecule has 3 heterocycles. The van der Waals surface area contributed by atoms with E-state index in [0.29, 0.717) is 18.0 Å². The van der Waals surface area contributed by atoms with E-state index in [1.165, 1.54) is 18.7 Å². The smallest absolute Gasteiger partial charge is 0.213 e. The van der Waals surface area contributed by atoms with Gasteiger partial charge in [0.1, 0.15) is 0 Å². The largest absolute Gasteiger partial charge is 0.481 e. The number of piperazine rings is 1. The van der Waals surface area contributed by atoms with Gasteiger partial charge in [-0.1, -0.05) is 0 Å². The zero-order valence-corrected chi connectivity index (χ0v) is 12.3. The normalized spacial score (nSPS) is 27.1. The summed E-state index contributed by atoms with van der Waals surface area (Å²) in [4.78, 5) is 9.46. The molecule has 2 bridgehead atoms. The molecule has 0 radical (unpaired) electrons. The van der Waals surface area contributed by atoms with Gasteiger partial charge in [0.2, 0.25) is 5.88 Å². The quantitative estimate of drug-likeness (QED) is 0.815. The van der Waals surface area contributed by atoms with E-state index in [1.807, 2.05) is 12.3 Å². The van der Waals surface area contributed by atoms with Gasteiger partial charge in [-0.25, -0.2) is 4.98 Å². The van der Waals surface area contributed by atoms with Crippen LogP contribution in [0.4, 0.5) is 5.69 Å². The Labute approximate surface area is 115 Å². The van der Waals surface area contributed by atoms with Crippen LogP contribution in [0.1, 0.15) is 27.2 Å². The third-order valence-corrected chi connectivity index (χ3v) is 4.36. The third kappa shape index (κ3) is 2.18. The van der Waals surface area contributed by atoms with Crippen molar-refractivity contribution in [2.45, 2.75) is 44.8 Å². The Bertz CT molecular complexity index is 451. The Balaban J connectivity index is 1.74. The highest BCUT2D eigenvalue weighted by Gasteiger charge is 2.46. The molecular weight excluding hydrogens is 238 g/mol. The van der Waals surface area contributed by atoms with E-state index < -0.39 is 0 Å². The SMILES string of the molecule is COc1ccc(N2CC3CC2CN3C(C)(C)C)cn1. The van der Waals surface area contributed by atoms with Gasteiger partial charge in [-0.2, -0.15) is 0 Å². The monoisotopic (exact) mass is 261 g/mol. The molecule has 104 valence electrons. The summed E-state index contributed by atoms with van der Waals surface area (Å²) in [6.45, 7) is 9.23. The molecule has 19 heavy (non-hydrogen) atoms. The van der Waals surface area contributed by atoms with Crippen LogP contribution in [0.25, 0.3) is 0 Å². The first-order valence-corrected chi connectivity index (χ1v) is 7.02. The lowest BCUT2D eigenvalue weighted by molar-refractivity contribution is 0.113. The summed E-state index contributed by atoms with van der Waals surface area (Å²) in [5.74, 6) is 0.685. The first kappa shape index (κ1) is 12.7. The number of anilines is 1. The fourth-order valence-corrected chi connectivity index (χ4v) is 3.47. The summed E-state index contributed by atoms with van der Waals surface area (Å²) >= 11 is 0. The molecule has 3 rings (SSSR count). The topological polar surface area (TPSA) is 28.6 Å². The summed E-state index contributed by atoms with van der Waals surface area (Å²) in [6.07, 6.45) is 3.21. The summed E-state index contributed by atoms with van der Waals surface area (Å²) in [6, 6.07) is 5.39. The number of fused-ring (bicyclic) bond motifs is 2. The molecule has 0 aliphatic carbocycles. The number of ether oxygens (including phenoxy) is 1. The van der Waals surface area contributed by atoms with Gasteiger partial charge in [0.25, 0.3) is 0 Å². The Kier molecular flexibility index (Phi) is 2.93. The highest BCUT2D eigenvalue weighted by molar-refractivity contribution is 5.49. The van der Waals surface area contributed by atoms with E-state index in [9.17, 15) is 0 Å². The molecule has 2 saturated heterocycles. The van der Waals surface area contributed by atoms with Gasteiger partial charge in [-0.15, -0.1) is 0 Å². The summed E-state index contributed by atoms with van der Waals surface area (Å²) in [7, 11) is 1.65. The minimum absolute atomic E-state index is 0.281. The summed E-state index contributed by atoms with van der Waals surface area (Å²) in [5, 5.41) is 0. The minimum Gasteiger partial charge on any atom is -0.481 e. The van der Waals surface area contributed by atoms with Gasteiger partial charge in [0, 0.05) is 36.8 Å². The summed E-state index contributed by atoms with van der Waals surface area (Å²) in [5.41, 5.74) is 1.51. The molecule has 2 atom stereocenters. The van der Waals surface area contributed by atoms with Crippen molar-refractivity contribution < 1.29 is 4.74 Å². The highest BCUT2D eigenvalue weighted by atomic mass is 16.5. The van der Waals surface area contributed by atoms with Gasteiger partial charge in [0.05, 0.1) is 19.0 Å². The van der Waals surface area contributed by atoms with E-state index >= 15 is 0 Å². The first-order chi connectivity index (χ1) is 8.99. The third-order valence-electron chi connectivity index (χ3n) is 4.36. The van der Waals surface area contributed by atoms with Crippen LogP contribution in [0.15, 0.2) is 18.3 Å². The number of aromatic nitrogens is 1. The average molecular weight is 261 g/mol. The second-order valence-corrected chi connectivity index (χ2v) is 6.58. The lowest BCUT2D eigenvalue weighted by atomic mass is 10.0. The number of likely N-dealkylation sites (tertiary alicyclic amines) is 1. The first-order valence-electron chi connectivity index (χ1n) is 7.02. The molecule has 2 unspecified atom stereocenters.